The van der Waals surface area contributed by atoms with Gasteiger partial charge in [0.2, 0.25) is 0 Å². The monoisotopic (exact) mass is 268 g/mol. The van der Waals surface area contributed by atoms with E-state index in [0.717, 1.165) is 25.2 Å². The highest BCUT2D eigenvalue weighted by Crippen LogP contribution is 2.11. The van der Waals surface area contributed by atoms with Crippen molar-refractivity contribution in [3.8, 4) is 0 Å². The molecule has 18 heavy (non-hydrogen) atoms. The molecule has 2 heterocycles. The Morgan fingerprint density at radius 2 is 2.56 bits per heavy atom. The van der Waals surface area contributed by atoms with E-state index in [1.165, 1.54) is 6.26 Å². The zero-order valence-corrected chi connectivity index (χ0v) is 11.0. The van der Waals surface area contributed by atoms with Gasteiger partial charge < -0.3 is 14.6 Å². The first-order chi connectivity index (χ1) is 8.72. The lowest BCUT2D eigenvalue weighted by molar-refractivity contribution is -0.118. The number of carbonyl (C=O) groups excluding carboxylic acids is 1. The molecule has 0 unspecified atom stereocenters. The molecule has 6 nitrogen and oxygen atoms in total. The first-order valence-corrected chi connectivity index (χ1v) is 6.36. The van der Waals surface area contributed by atoms with Crippen molar-refractivity contribution < 1.29 is 9.53 Å². The summed E-state index contributed by atoms with van der Waals surface area (Å²) in [5.41, 5.74) is 0.679. The molecule has 2 N–H and O–H groups in total. The zero-order chi connectivity index (χ0) is 13.0. The summed E-state index contributed by atoms with van der Waals surface area (Å²) >= 11 is 5.08. The van der Waals surface area contributed by atoms with E-state index < -0.39 is 0 Å². The van der Waals surface area contributed by atoms with E-state index in [1.54, 1.807) is 0 Å². The number of hydrogen-bond acceptors (Lipinski definition) is 4. The Hall–Kier alpha value is -1.63. The zero-order valence-electron chi connectivity index (χ0n) is 10.2. The largest absolute Gasteiger partial charge is 0.501 e. The summed E-state index contributed by atoms with van der Waals surface area (Å²) in [5.74, 6) is 0.624. The van der Waals surface area contributed by atoms with E-state index in [2.05, 4.69) is 15.5 Å². The second-order valence-electron chi connectivity index (χ2n) is 3.99. The average Bonchev–Trinajstić information content (AvgIpc) is 2.77. The second-order valence-corrected chi connectivity index (χ2v) is 4.38. The standard InChI is InChI=1S/C11H16N4O2S/c1-2-15-9(13-14-11(15)18)6-12-10(16)8-4-3-5-17-7-8/h7H,2-6H2,1H3,(H,12,16)(H,14,18). The predicted molar refractivity (Wildman–Crippen MR) is 68.2 cm³/mol. The predicted octanol–water partition coefficient (Wildman–Crippen LogP) is 1.27. The average molecular weight is 268 g/mol. The Balaban J connectivity index is 1.97. The normalized spacial score (nSPS) is 14.8. The Morgan fingerprint density at radius 3 is 3.22 bits per heavy atom. The van der Waals surface area contributed by atoms with Crippen molar-refractivity contribution in [2.75, 3.05) is 6.61 Å². The third kappa shape index (κ3) is 2.79. The van der Waals surface area contributed by atoms with Crippen LogP contribution in [-0.2, 0) is 22.6 Å². The van der Waals surface area contributed by atoms with E-state index in [-0.39, 0.29) is 5.91 Å². The summed E-state index contributed by atoms with van der Waals surface area (Å²) in [7, 11) is 0. The molecule has 0 atom stereocenters. The van der Waals surface area contributed by atoms with Crippen molar-refractivity contribution in [1.82, 2.24) is 20.1 Å². The molecule has 98 valence electrons. The molecule has 1 aliphatic heterocycles. The van der Waals surface area contributed by atoms with E-state index >= 15 is 0 Å². The van der Waals surface area contributed by atoms with Crippen molar-refractivity contribution in [2.24, 2.45) is 0 Å². The highest BCUT2D eigenvalue weighted by molar-refractivity contribution is 7.71. The quantitative estimate of drug-likeness (QED) is 0.807. The molecule has 0 aromatic carbocycles. The molecule has 0 radical (unpaired) electrons. The van der Waals surface area contributed by atoms with Crippen LogP contribution in [0.15, 0.2) is 11.8 Å². The molecular weight excluding hydrogens is 252 g/mol. The van der Waals surface area contributed by atoms with Crippen molar-refractivity contribution in [1.29, 1.82) is 0 Å². The number of nitrogens with zero attached hydrogens (tertiary/aromatic N) is 2. The molecule has 1 aromatic heterocycles. The number of aromatic nitrogens is 3. The number of H-pyrrole nitrogens is 1. The Bertz CT molecular complexity index is 517. The SMILES string of the molecule is CCn1c(CNC(=O)C2=COCCC2)n[nH]c1=S. The number of aromatic amines is 1. The number of amides is 1. The molecular formula is C11H16N4O2S. The van der Waals surface area contributed by atoms with Gasteiger partial charge in [-0.3, -0.25) is 9.89 Å². The van der Waals surface area contributed by atoms with Crippen molar-refractivity contribution in [3.05, 3.63) is 22.4 Å². The van der Waals surface area contributed by atoms with E-state index in [0.29, 0.717) is 23.5 Å². The van der Waals surface area contributed by atoms with Gasteiger partial charge in [0.15, 0.2) is 10.6 Å². The summed E-state index contributed by atoms with van der Waals surface area (Å²) in [6.45, 7) is 3.75. The fourth-order valence-corrected chi connectivity index (χ4v) is 2.10. The van der Waals surface area contributed by atoms with Crippen LogP contribution in [0.5, 0.6) is 0 Å². The van der Waals surface area contributed by atoms with Crippen LogP contribution >= 0.6 is 12.2 Å². The van der Waals surface area contributed by atoms with Gasteiger partial charge in [-0.25, -0.2) is 0 Å². The highest BCUT2D eigenvalue weighted by Gasteiger charge is 2.14. The third-order valence-electron chi connectivity index (χ3n) is 2.79. The molecule has 2 rings (SSSR count). The third-order valence-corrected chi connectivity index (χ3v) is 3.10. The minimum atomic E-state index is -0.105. The summed E-state index contributed by atoms with van der Waals surface area (Å²) in [4.78, 5) is 11.8. The Kier molecular flexibility index (Phi) is 4.14. The van der Waals surface area contributed by atoms with Gasteiger partial charge in [-0.1, -0.05) is 0 Å². The van der Waals surface area contributed by atoms with Gasteiger partial charge >= 0.3 is 0 Å². The molecule has 0 saturated heterocycles. The van der Waals surface area contributed by atoms with Crippen LogP contribution in [0.3, 0.4) is 0 Å². The summed E-state index contributed by atoms with van der Waals surface area (Å²) in [6.07, 6.45) is 3.18. The lowest BCUT2D eigenvalue weighted by Gasteiger charge is -2.13. The van der Waals surface area contributed by atoms with E-state index in [1.807, 2.05) is 11.5 Å². The lowest BCUT2D eigenvalue weighted by Crippen LogP contribution is -2.27. The van der Waals surface area contributed by atoms with Crippen molar-refractivity contribution in [3.63, 3.8) is 0 Å². The number of carbonyl (C=O) groups is 1. The number of ether oxygens (including phenoxy) is 1. The number of rotatable bonds is 4. The maximum atomic E-state index is 11.8. The first-order valence-electron chi connectivity index (χ1n) is 5.95. The van der Waals surface area contributed by atoms with Crippen LogP contribution < -0.4 is 5.32 Å². The van der Waals surface area contributed by atoms with Gasteiger partial charge in [-0.15, -0.1) is 0 Å². The van der Waals surface area contributed by atoms with E-state index in [9.17, 15) is 4.79 Å². The van der Waals surface area contributed by atoms with Crippen LogP contribution in [0.1, 0.15) is 25.6 Å². The second kappa shape index (κ2) is 5.81. The first kappa shape index (κ1) is 12.8. The Morgan fingerprint density at radius 1 is 1.72 bits per heavy atom. The van der Waals surface area contributed by atoms with Crippen LogP contribution in [0.25, 0.3) is 0 Å². The molecule has 0 spiro atoms. The number of hydrogen-bond donors (Lipinski definition) is 2. The molecule has 0 saturated carbocycles. The minimum Gasteiger partial charge on any atom is -0.501 e. The Labute approximate surface area is 110 Å². The lowest BCUT2D eigenvalue weighted by atomic mass is 10.1. The molecule has 0 fully saturated rings. The smallest absolute Gasteiger partial charge is 0.250 e. The maximum absolute atomic E-state index is 11.8. The van der Waals surface area contributed by atoms with E-state index in [4.69, 9.17) is 17.0 Å². The fraction of sp³-hybridized carbons (Fsp3) is 0.545. The van der Waals surface area contributed by atoms with Crippen LogP contribution in [-0.4, -0.2) is 27.3 Å². The van der Waals surface area contributed by atoms with Gasteiger partial charge in [-0.2, -0.15) is 5.10 Å². The molecule has 0 bridgehead atoms. The minimum absolute atomic E-state index is 0.105. The van der Waals surface area contributed by atoms with Gasteiger partial charge in [-0.05, 0) is 32.0 Å². The molecule has 0 aliphatic carbocycles. The van der Waals surface area contributed by atoms with Gasteiger partial charge in [0.25, 0.3) is 5.91 Å². The highest BCUT2D eigenvalue weighted by atomic mass is 32.1. The topological polar surface area (TPSA) is 71.9 Å². The van der Waals surface area contributed by atoms with Crippen LogP contribution in [0.2, 0.25) is 0 Å². The van der Waals surface area contributed by atoms with Crippen LogP contribution in [0, 0.1) is 4.77 Å². The van der Waals surface area contributed by atoms with Gasteiger partial charge in [0, 0.05) is 6.54 Å². The van der Waals surface area contributed by atoms with Crippen molar-refractivity contribution >= 4 is 18.1 Å². The summed E-state index contributed by atoms with van der Waals surface area (Å²) < 4.78 is 7.56. The van der Waals surface area contributed by atoms with Gasteiger partial charge in [0.1, 0.15) is 0 Å². The molecule has 1 amide bonds. The fourth-order valence-electron chi connectivity index (χ4n) is 1.82. The summed E-state index contributed by atoms with van der Waals surface area (Å²) in [6, 6.07) is 0. The van der Waals surface area contributed by atoms with Crippen LogP contribution in [0.4, 0.5) is 0 Å². The molecule has 1 aromatic rings. The van der Waals surface area contributed by atoms with Crippen molar-refractivity contribution in [2.45, 2.75) is 32.9 Å². The molecule has 7 heteroatoms. The van der Waals surface area contributed by atoms with Gasteiger partial charge in [0.05, 0.1) is 25.0 Å². The molecule has 1 aliphatic rings. The maximum Gasteiger partial charge on any atom is 0.250 e. The summed E-state index contributed by atoms with van der Waals surface area (Å²) in [5, 5.41) is 9.62. The number of nitrogens with one attached hydrogen (secondary N) is 2.